The molecule has 30 heavy (non-hydrogen) atoms. The number of hydrogen-bond donors (Lipinski definition) is 2. The third-order valence-corrected chi connectivity index (χ3v) is 5.93. The number of aryl methyl sites for hydroxylation is 2. The number of aromatic nitrogens is 2. The van der Waals surface area contributed by atoms with Crippen LogP contribution in [-0.4, -0.2) is 33.7 Å². The summed E-state index contributed by atoms with van der Waals surface area (Å²) < 4.78 is 1.98. The standard InChI is InChI=1S/C24H29N5O/c1-17-15-21(28(2)27-17)16-29-13-11-19(12-14-29)18-7-9-20(10-8-18)24(30)26-23-6-4-3-5-22(23)25/h3-10,15,19H,11-14,16,25H2,1-2H3,(H,26,30). The van der Waals surface area contributed by atoms with E-state index in [0.717, 1.165) is 38.2 Å². The molecule has 1 aliphatic heterocycles. The van der Waals surface area contributed by atoms with E-state index >= 15 is 0 Å². The van der Waals surface area contributed by atoms with Gasteiger partial charge in [0.25, 0.3) is 5.91 Å². The van der Waals surface area contributed by atoms with Crippen molar-refractivity contribution < 1.29 is 4.79 Å². The molecule has 1 fully saturated rings. The van der Waals surface area contributed by atoms with Gasteiger partial charge in [0.15, 0.2) is 0 Å². The molecule has 0 aliphatic carbocycles. The molecule has 4 rings (SSSR count). The number of nitrogens with one attached hydrogen (secondary N) is 1. The van der Waals surface area contributed by atoms with Crippen molar-refractivity contribution >= 4 is 17.3 Å². The maximum absolute atomic E-state index is 12.5. The Kier molecular flexibility index (Phi) is 5.86. The molecule has 3 aromatic rings. The number of nitrogens with zero attached hydrogens (tertiary/aromatic N) is 3. The van der Waals surface area contributed by atoms with Gasteiger partial charge in [-0.1, -0.05) is 24.3 Å². The fourth-order valence-electron chi connectivity index (χ4n) is 4.18. The van der Waals surface area contributed by atoms with Crippen LogP contribution in [0.15, 0.2) is 54.6 Å². The summed E-state index contributed by atoms with van der Waals surface area (Å²) in [5.41, 5.74) is 11.4. The topological polar surface area (TPSA) is 76.2 Å². The number of amides is 1. The van der Waals surface area contributed by atoms with Crippen LogP contribution < -0.4 is 11.1 Å². The van der Waals surface area contributed by atoms with E-state index in [2.05, 4.69) is 33.5 Å². The molecule has 2 aromatic carbocycles. The molecule has 156 valence electrons. The van der Waals surface area contributed by atoms with Gasteiger partial charge in [-0.25, -0.2) is 0 Å². The summed E-state index contributed by atoms with van der Waals surface area (Å²) >= 11 is 0. The Hall–Kier alpha value is -3.12. The molecule has 1 amide bonds. The van der Waals surface area contributed by atoms with Gasteiger partial charge < -0.3 is 11.1 Å². The molecular formula is C24H29N5O. The fourth-order valence-corrected chi connectivity index (χ4v) is 4.18. The van der Waals surface area contributed by atoms with Gasteiger partial charge in [-0.15, -0.1) is 0 Å². The van der Waals surface area contributed by atoms with Crippen LogP contribution in [0, 0.1) is 6.92 Å². The number of anilines is 2. The van der Waals surface area contributed by atoms with Crippen molar-refractivity contribution in [1.29, 1.82) is 0 Å². The minimum Gasteiger partial charge on any atom is -0.397 e. The van der Waals surface area contributed by atoms with Gasteiger partial charge >= 0.3 is 0 Å². The van der Waals surface area contributed by atoms with Crippen molar-refractivity contribution in [2.24, 2.45) is 7.05 Å². The van der Waals surface area contributed by atoms with E-state index in [9.17, 15) is 4.79 Å². The highest BCUT2D eigenvalue weighted by Gasteiger charge is 2.21. The summed E-state index contributed by atoms with van der Waals surface area (Å²) in [7, 11) is 2.01. The molecule has 0 bridgehead atoms. The van der Waals surface area contributed by atoms with Gasteiger partial charge in [-0.05, 0) is 74.7 Å². The highest BCUT2D eigenvalue weighted by atomic mass is 16.1. The van der Waals surface area contributed by atoms with Crippen molar-refractivity contribution in [3.63, 3.8) is 0 Å². The smallest absolute Gasteiger partial charge is 0.255 e. The summed E-state index contributed by atoms with van der Waals surface area (Å²) in [4.78, 5) is 15.0. The maximum Gasteiger partial charge on any atom is 0.255 e. The van der Waals surface area contributed by atoms with E-state index < -0.39 is 0 Å². The molecule has 6 nitrogen and oxygen atoms in total. The lowest BCUT2D eigenvalue weighted by molar-refractivity contribution is 0.102. The molecule has 1 saturated heterocycles. The molecule has 0 unspecified atom stereocenters. The van der Waals surface area contributed by atoms with Crippen molar-refractivity contribution in [2.45, 2.75) is 32.2 Å². The Bertz CT molecular complexity index is 1020. The molecule has 0 spiro atoms. The van der Waals surface area contributed by atoms with E-state index in [-0.39, 0.29) is 5.91 Å². The highest BCUT2D eigenvalue weighted by molar-refractivity contribution is 6.05. The largest absolute Gasteiger partial charge is 0.397 e. The quantitative estimate of drug-likeness (QED) is 0.633. The summed E-state index contributed by atoms with van der Waals surface area (Å²) in [6.07, 6.45) is 2.26. The second-order valence-electron chi connectivity index (χ2n) is 8.11. The van der Waals surface area contributed by atoms with Crippen molar-refractivity contribution in [3.8, 4) is 0 Å². The summed E-state index contributed by atoms with van der Waals surface area (Å²) in [6, 6.07) is 17.5. The number of nitrogen functional groups attached to an aromatic ring is 1. The molecule has 0 saturated carbocycles. The minimum absolute atomic E-state index is 0.138. The van der Waals surface area contributed by atoms with E-state index in [4.69, 9.17) is 5.73 Å². The monoisotopic (exact) mass is 403 g/mol. The van der Waals surface area contributed by atoms with Crippen LogP contribution in [-0.2, 0) is 13.6 Å². The third-order valence-electron chi connectivity index (χ3n) is 5.93. The number of hydrogen-bond acceptors (Lipinski definition) is 4. The maximum atomic E-state index is 12.5. The van der Waals surface area contributed by atoms with Crippen molar-refractivity contribution in [2.75, 3.05) is 24.1 Å². The predicted octanol–water partition coefficient (Wildman–Crippen LogP) is 3.94. The van der Waals surface area contributed by atoms with Gasteiger partial charge in [-0.3, -0.25) is 14.4 Å². The molecule has 0 radical (unpaired) electrons. The number of nitrogens with two attached hydrogens (primary N) is 1. The van der Waals surface area contributed by atoms with Gasteiger partial charge in [0.2, 0.25) is 0 Å². The minimum atomic E-state index is -0.138. The number of para-hydroxylation sites is 2. The first kappa shape index (κ1) is 20.2. The highest BCUT2D eigenvalue weighted by Crippen LogP contribution is 2.29. The molecule has 0 atom stereocenters. The number of rotatable bonds is 5. The van der Waals surface area contributed by atoms with E-state index in [1.807, 2.05) is 49.0 Å². The second-order valence-corrected chi connectivity index (χ2v) is 8.11. The average Bonchev–Trinajstić information content (AvgIpc) is 3.07. The van der Waals surface area contributed by atoms with Crippen LogP contribution in [0.4, 0.5) is 11.4 Å². The number of carbonyl (C=O) groups excluding carboxylic acids is 1. The zero-order chi connectivity index (χ0) is 21.1. The van der Waals surface area contributed by atoms with Gasteiger partial charge in [0.1, 0.15) is 0 Å². The van der Waals surface area contributed by atoms with Crippen LogP contribution in [0.5, 0.6) is 0 Å². The normalized spacial score (nSPS) is 15.3. The summed E-state index contributed by atoms with van der Waals surface area (Å²) in [5, 5.41) is 7.33. The summed E-state index contributed by atoms with van der Waals surface area (Å²) in [5.74, 6) is 0.400. The average molecular weight is 404 g/mol. The first-order valence-corrected chi connectivity index (χ1v) is 10.5. The van der Waals surface area contributed by atoms with Crippen molar-refractivity contribution in [3.05, 3.63) is 77.1 Å². The van der Waals surface area contributed by atoms with Gasteiger partial charge in [0.05, 0.1) is 22.8 Å². The van der Waals surface area contributed by atoms with Crippen LogP contribution in [0.2, 0.25) is 0 Å². The lowest BCUT2D eigenvalue weighted by atomic mass is 9.89. The number of piperidine rings is 1. The lowest BCUT2D eigenvalue weighted by Crippen LogP contribution is -2.33. The molecule has 3 N–H and O–H groups in total. The van der Waals surface area contributed by atoms with E-state index in [0.29, 0.717) is 22.9 Å². The van der Waals surface area contributed by atoms with Crippen LogP contribution in [0.3, 0.4) is 0 Å². The molecular weight excluding hydrogens is 374 g/mol. The Morgan fingerprint density at radius 3 is 2.47 bits per heavy atom. The Balaban J connectivity index is 1.33. The second kappa shape index (κ2) is 8.71. The molecule has 6 heteroatoms. The van der Waals surface area contributed by atoms with Crippen LogP contribution in [0.1, 0.15) is 46.1 Å². The van der Waals surface area contributed by atoms with Crippen molar-refractivity contribution in [1.82, 2.24) is 14.7 Å². The Labute approximate surface area is 177 Å². The van der Waals surface area contributed by atoms with Crippen LogP contribution >= 0.6 is 0 Å². The van der Waals surface area contributed by atoms with Gasteiger partial charge in [-0.2, -0.15) is 5.10 Å². The molecule has 1 aromatic heterocycles. The molecule has 1 aliphatic rings. The first-order chi connectivity index (χ1) is 14.5. The number of likely N-dealkylation sites (tertiary alicyclic amines) is 1. The fraction of sp³-hybridized carbons (Fsp3) is 0.333. The lowest BCUT2D eigenvalue weighted by Gasteiger charge is -2.32. The van der Waals surface area contributed by atoms with E-state index in [1.54, 1.807) is 6.07 Å². The Morgan fingerprint density at radius 2 is 1.83 bits per heavy atom. The molecule has 2 heterocycles. The number of carbonyl (C=O) groups is 1. The number of benzene rings is 2. The zero-order valence-corrected chi connectivity index (χ0v) is 17.6. The van der Waals surface area contributed by atoms with Crippen LogP contribution in [0.25, 0.3) is 0 Å². The zero-order valence-electron chi connectivity index (χ0n) is 17.6. The van der Waals surface area contributed by atoms with E-state index in [1.165, 1.54) is 11.3 Å². The summed E-state index contributed by atoms with van der Waals surface area (Å²) in [6.45, 7) is 5.13. The Morgan fingerprint density at radius 1 is 1.13 bits per heavy atom. The van der Waals surface area contributed by atoms with Gasteiger partial charge in [0, 0.05) is 19.2 Å². The third kappa shape index (κ3) is 4.54. The first-order valence-electron chi connectivity index (χ1n) is 10.5. The predicted molar refractivity (Wildman–Crippen MR) is 120 cm³/mol. The SMILES string of the molecule is Cc1cc(CN2CCC(c3ccc(C(=O)Nc4ccccc4N)cc3)CC2)n(C)n1.